The van der Waals surface area contributed by atoms with Gasteiger partial charge in [0.25, 0.3) is 0 Å². The van der Waals surface area contributed by atoms with Gasteiger partial charge in [-0.15, -0.1) is 0 Å². The zero-order valence-electron chi connectivity index (χ0n) is 12.7. The Morgan fingerprint density at radius 3 is 2.70 bits per heavy atom. The first-order chi connectivity index (χ1) is 11.2. The number of likely N-dealkylation sites (tertiary alicyclic amines) is 1. The molecule has 1 saturated heterocycles. The van der Waals surface area contributed by atoms with Gasteiger partial charge in [0.05, 0.1) is 18.4 Å². The number of carbonyl (C=O) groups excluding carboxylic acids is 1. The van der Waals surface area contributed by atoms with Crippen molar-refractivity contribution in [2.75, 3.05) is 25.0 Å². The fraction of sp³-hybridized carbons (Fsp3) is 0.400. The average Bonchev–Trinajstić information content (AvgIpc) is 2.56. The number of primary amides is 1. The molecule has 3 N–H and O–H groups in total. The van der Waals surface area contributed by atoms with Gasteiger partial charge in [0.1, 0.15) is 0 Å². The van der Waals surface area contributed by atoms with Crippen molar-refractivity contribution in [3.63, 3.8) is 0 Å². The molecule has 8 heteroatoms. The Bertz CT molecular complexity index is 656. The molecule has 0 radical (unpaired) electrons. The minimum absolute atomic E-state index is 0.280. The molecule has 0 saturated carbocycles. The minimum atomic E-state index is -0.280. The molecule has 1 amide bonds. The first-order valence-corrected chi connectivity index (χ1v) is 7.57. The Hall–Kier alpha value is -2.61. The number of piperidine rings is 1. The quantitative estimate of drug-likeness (QED) is 0.835. The lowest BCUT2D eigenvalue weighted by molar-refractivity contribution is -0.119. The molecule has 3 heterocycles. The monoisotopic (exact) mass is 313 g/mol. The van der Waals surface area contributed by atoms with Crippen LogP contribution in [0, 0.1) is 0 Å². The normalized spacial score (nSPS) is 16.2. The van der Waals surface area contributed by atoms with Crippen LogP contribution >= 0.6 is 0 Å². The molecule has 8 nitrogen and oxygen atoms in total. The number of nitrogens with two attached hydrogens (primary N) is 1. The molecule has 2 aromatic heterocycles. The van der Waals surface area contributed by atoms with Gasteiger partial charge in [-0.1, -0.05) is 0 Å². The van der Waals surface area contributed by atoms with Crippen molar-refractivity contribution in [2.24, 2.45) is 5.73 Å². The number of amides is 1. The fourth-order valence-electron chi connectivity index (χ4n) is 2.72. The number of nitrogens with one attached hydrogen (secondary N) is 1. The molecule has 0 aliphatic carbocycles. The molecule has 1 aliphatic rings. The van der Waals surface area contributed by atoms with Gasteiger partial charge in [0, 0.05) is 24.5 Å². The van der Waals surface area contributed by atoms with Crippen molar-refractivity contribution in [2.45, 2.75) is 18.8 Å². The Morgan fingerprint density at radius 2 is 2.00 bits per heavy atom. The van der Waals surface area contributed by atoms with Gasteiger partial charge in [-0.25, -0.2) is 15.0 Å². The lowest BCUT2D eigenvalue weighted by atomic mass is 9.94. The Labute approximate surface area is 134 Å². The molecule has 1 fully saturated rings. The lowest BCUT2D eigenvalue weighted by Crippen LogP contribution is -2.39. The summed E-state index contributed by atoms with van der Waals surface area (Å²) >= 11 is 0. The van der Waals surface area contributed by atoms with E-state index >= 15 is 0 Å². The van der Waals surface area contributed by atoms with E-state index in [1.807, 2.05) is 0 Å². The van der Waals surface area contributed by atoms with Gasteiger partial charge in [-0.2, -0.15) is 0 Å². The second-order valence-corrected chi connectivity index (χ2v) is 5.54. The third-order valence-electron chi connectivity index (χ3n) is 3.84. The summed E-state index contributed by atoms with van der Waals surface area (Å²) in [5, 5.41) is 3.05. The summed E-state index contributed by atoms with van der Waals surface area (Å²) in [6.45, 7) is 2.01. The standard InChI is InChI=1S/C15H19N7O/c16-13(23)10-22-6-2-11(3-7-22)12-8-17-9-14(20-12)21-15-18-4-1-5-19-15/h1,4-5,8-9,11H,2-3,6-7,10H2,(H2,16,23)(H,18,19,20,21). The van der Waals surface area contributed by atoms with Gasteiger partial charge < -0.3 is 11.1 Å². The Kier molecular flexibility index (Phi) is 4.72. The Balaban J connectivity index is 1.63. The highest BCUT2D eigenvalue weighted by Gasteiger charge is 2.22. The van der Waals surface area contributed by atoms with Gasteiger partial charge >= 0.3 is 0 Å². The third-order valence-corrected chi connectivity index (χ3v) is 3.84. The van der Waals surface area contributed by atoms with E-state index in [1.54, 1.807) is 30.9 Å². The van der Waals surface area contributed by atoms with Gasteiger partial charge in [0.15, 0.2) is 5.82 Å². The molecular weight excluding hydrogens is 294 g/mol. The largest absolute Gasteiger partial charge is 0.369 e. The summed E-state index contributed by atoms with van der Waals surface area (Å²) in [6, 6.07) is 1.76. The van der Waals surface area contributed by atoms with Gasteiger partial charge in [-0.05, 0) is 32.0 Å². The average molecular weight is 313 g/mol. The van der Waals surface area contributed by atoms with Crippen molar-refractivity contribution in [3.05, 3.63) is 36.5 Å². The molecule has 0 spiro atoms. The molecule has 120 valence electrons. The molecule has 23 heavy (non-hydrogen) atoms. The summed E-state index contributed by atoms with van der Waals surface area (Å²) in [5.74, 6) is 1.19. The van der Waals surface area contributed by atoms with E-state index in [2.05, 4.69) is 30.2 Å². The molecule has 0 bridgehead atoms. The number of aromatic nitrogens is 4. The highest BCUT2D eigenvalue weighted by atomic mass is 16.1. The summed E-state index contributed by atoms with van der Waals surface area (Å²) < 4.78 is 0. The van der Waals surface area contributed by atoms with Crippen molar-refractivity contribution >= 4 is 17.7 Å². The SMILES string of the molecule is NC(=O)CN1CCC(c2cncc(Nc3ncccn3)n2)CC1. The van der Waals surface area contributed by atoms with Crippen LogP contribution in [0.25, 0.3) is 0 Å². The second kappa shape index (κ2) is 7.10. The zero-order chi connectivity index (χ0) is 16.1. The minimum Gasteiger partial charge on any atom is -0.369 e. The molecule has 0 atom stereocenters. The third kappa shape index (κ3) is 4.19. The number of carbonyl (C=O) groups is 1. The van der Waals surface area contributed by atoms with E-state index < -0.39 is 0 Å². The summed E-state index contributed by atoms with van der Waals surface area (Å²) in [7, 11) is 0. The van der Waals surface area contributed by atoms with E-state index in [9.17, 15) is 4.79 Å². The highest BCUT2D eigenvalue weighted by Crippen LogP contribution is 2.26. The smallest absolute Gasteiger partial charge is 0.231 e. The van der Waals surface area contributed by atoms with E-state index in [-0.39, 0.29) is 5.91 Å². The van der Waals surface area contributed by atoms with Crippen molar-refractivity contribution in [1.29, 1.82) is 0 Å². The van der Waals surface area contributed by atoms with Crippen LogP contribution in [0.4, 0.5) is 11.8 Å². The molecule has 2 aromatic rings. The van der Waals surface area contributed by atoms with E-state index in [4.69, 9.17) is 5.73 Å². The van der Waals surface area contributed by atoms with Crippen LogP contribution < -0.4 is 11.1 Å². The van der Waals surface area contributed by atoms with Gasteiger partial charge in [0.2, 0.25) is 11.9 Å². The first-order valence-electron chi connectivity index (χ1n) is 7.57. The van der Waals surface area contributed by atoms with Crippen LogP contribution in [-0.4, -0.2) is 50.4 Å². The number of anilines is 2. The van der Waals surface area contributed by atoms with Crippen molar-refractivity contribution in [3.8, 4) is 0 Å². The maximum atomic E-state index is 11.0. The number of rotatable bonds is 5. The van der Waals surface area contributed by atoms with E-state index in [0.717, 1.165) is 31.6 Å². The number of hydrogen-bond donors (Lipinski definition) is 2. The van der Waals surface area contributed by atoms with Crippen molar-refractivity contribution in [1.82, 2.24) is 24.8 Å². The van der Waals surface area contributed by atoms with Gasteiger partial charge in [-0.3, -0.25) is 14.7 Å². The maximum absolute atomic E-state index is 11.0. The molecule has 0 unspecified atom stereocenters. The molecule has 1 aliphatic heterocycles. The first kappa shape index (κ1) is 15.3. The second-order valence-electron chi connectivity index (χ2n) is 5.54. The molecular formula is C15H19N7O. The molecule has 0 aromatic carbocycles. The van der Waals surface area contributed by atoms with Crippen LogP contribution in [0.5, 0.6) is 0 Å². The van der Waals surface area contributed by atoms with E-state index in [1.165, 1.54) is 0 Å². The van der Waals surface area contributed by atoms with Crippen molar-refractivity contribution < 1.29 is 4.79 Å². The topological polar surface area (TPSA) is 110 Å². The fourth-order valence-corrected chi connectivity index (χ4v) is 2.72. The van der Waals surface area contributed by atoms with Crippen LogP contribution in [-0.2, 0) is 4.79 Å². The summed E-state index contributed by atoms with van der Waals surface area (Å²) in [6.07, 6.45) is 8.66. The Morgan fingerprint density at radius 1 is 1.26 bits per heavy atom. The highest BCUT2D eigenvalue weighted by molar-refractivity contribution is 5.75. The van der Waals surface area contributed by atoms with E-state index in [0.29, 0.717) is 24.2 Å². The maximum Gasteiger partial charge on any atom is 0.231 e. The van der Waals surface area contributed by atoms with Crippen LogP contribution in [0.15, 0.2) is 30.9 Å². The number of hydrogen-bond acceptors (Lipinski definition) is 7. The van der Waals surface area contributed by atoms with Crippen LogP contribution in [0.3, 0.4) is 0 Å². The van der Waals surface area contributed by atoms with Crippen LogP contribution in [0.2, 0.25) is 0 Å². The summed E-state index contributed by atoms with van der Waals surface area (Å²) in [5.41, 5.74) is 6.19. The number of nitrogens with zero attached hydrogens (tertiary/aromatic N) is 5. The summed E-state index contributed by atoms with van der Waals surface area (Å²) in [4.78, 5) is 30.1. The lowest BCUT2D eigenvalue weighted by Gasteiger charge is -2.30. The van der Waals surface area contributed by atoms with Crippen LogP contribution in [0.1, 0.15) is 24.5 Å². The predicted octanol–water partition coefficient (Wildman–Crippen LogP) is 0.675. The molecule has 3 rings (SSSR count). The predicted molar refractivity (Wildman–Crippen MR) is 85.0 cm³/mol. The zero-order valence-corrected chi connectivity index (χ0v) is 12.7.